The van der Waals surface area contributed by atoms with Crippen LogP contribution in [-0.4, -0.2) is 41.3 Å². The first-order valence-electron chi connectivity index (χ1n) is 9.54. The van der Waals surface area contributed by atoms with Crippen molar-refractivity contribution < 1.29 is 9.53 Å². The predicted octanol–water partition coefficient (Wildman–Crippen LogP) is 1.78. The van der Waals surface area contributed by atoms with Crippen LogP contribution in [0.15, 0.2) is 27.8 Å². The summed E-state index contributed by atoms with van der Waals surface area (Å²) in [5.41, 5.74) is 5.59. The molecule has 0 bridgehead atoms. The Balaban J connectivity index is 1.97. The lowest BCUT2D eigenvalue weighted by Gasteiger charge is -2.30. The van der Waals surface area contributed by atoms with E-state index in [1.807, 2.05) is 6.92 Å². The summed E-state index contributed by atoms with van der Waals surface area (Å²) in [5, 5.41) is 3.25. The molecule has 1 fully saturated rings. The van der Waals surface area contributed by atoms with Gasteiger partial charge in [-0.05, 0) is 24.6 Å². The summed E-state index contributed by atoms with van der Waals surface area (Å²) in [6.45, 7) is 3.61. The van der Waals surface area contributed by atoms with Crippen LogP contribution in [0.2, 0.25) is 10.0 Å². The maximum atomic E-state index is 13.1. The Morgan fingerprint density at radius 3 is 2.50 bits per heavy atom. The molecule has 2 heterocycles. The number of nitrogens with one attached hydrogen (secondary N) is 1. The number of hydrogen-bond acceptors (Lipinski definition) is 6. The minimum atomic E-state index is -0.624. The number of carbonyl (C=O) groups excluding carboxylic acids is 1. The van der Waals surface area contributed by atoms with Crippen molar-refractivity contribution in [1.29, 1.82) is 0 Å². The van der Waals surface area contributed by atoms with Crippen LogP contribution in [0.3, 0.4) is 0 Å². The molecule has 0 atom stereocenters. The summed E-state index contributed by atoms with van der Waals surface area (Å²) in [6, 6.07) is 4.61. The number of morpholine rings is 1. The molecule has 3 rings (SSSR count). The number of ether oxygens (including phenoxy) is 1. The van der Waals surface area contributed by atoms with E-state index in [9.17, 15) is 14.4 Å². The van der Waals surface area contributed by atoms with E-state index in [0.29, 0.717) is 50.0 Å². The number of anilines is 3. The lowest BCUT2D eigenvalue weighted by atomic mass is 10.3. The van der Waals surface area contributed by atoms with Gasteiger partial charge < -0.3 is 20.7 Å². The molecule has 1 aliphatic heterocycles. The molecule has 0 spiro atoms. The summed E-state index contributed by atoms with van der Waals surface area (Å²) in [4.78, 5) is 40.4. The molecule has 30 heavy (non-hydrogen) atoms. The topological polar surface area (TPSA) is 112 Å². The molecular formula is C19H23Cl2N5O4. The van der Waals surface area contributed by atoms with E-state index in [-0.39, 0.29) is 16.5 Å². The summed E-state index contributed by atoms with van der Waals surface area (Å²) in [6.07, 6.45) is 0.639. The van der Waals surface area contributed by atoms with Crippen LogP contribution >= 0.6 is 23.2 Å². The minimum Gasteiger partial charge on any atom is -0.383 e. The van der Waals surface area contributed by atoms with E-state index in [4.69, 9.17) is 33.7 Å². The SMILES string of the molecule is CCCn1c(N)c(N2CCOCC2)c(=O)n(CC(=O)Nc2ccc(Cl)c(Cl)c2)c1=O. The Morgan fingerprint density at radius 2 is 1.87 bits per heavy atom. The lowest BCUT2D eigenvalue weighted by molar-refractivity contribution is -0.116. The second kappa shape index (κ2) is 9.55. The summed E-state index contributed by atoms with van der Waals surface area (Å²) in [5.74, 6) is -0.441. The quantitative estimate of drug-likeness (QED) is 0.686. The third kappa shape index (κ3) is 4.63. The Labute approximate surface area is 182 Å². The first-order chi connectivity index (χ1) is 14.3. The molecule has 1 amide bonds. The molecule has 1 saturated heterocycles. The number of halogens is 2. The molecule has 0 radical (unpaired) electrons. The zero-order valence-electron chi connectivity index (χ0n) is 16.5. The number of amides is 1. The Bertz CT molecular complexity index is 1060. The molecule has 1 aromatic carbocycles. The first kappa shape index (κ1) is 22.2. The summed E-state index contributed by atoms with van der Waals surface area (Å²) >= 11 is 11.8. The molecule has 3 N–H and O–H groups in total. The van der Waals surface area contributed by atoms with Crippen LogP contribution in [0, 0.1) is 0 Å². The fourth-order valence-corrected chi connectivity index (χ4v) is 3.58. The highest BCUT2D eigenvalue weighted by Gasteiger charge is 2.24. The zero-order chi connectivity index (χ0) is 21.8. The molecule has 0 saturated carbocycles. The van der Waals surface area contributed by atoms with Crippen LogP contribution < -0.4 is 27.2 Å². The van der Waals surface area contributed by atoms with Gasteiger partial charge in [0.1, 0.15) is 18.1 Å². The van der Waals surface area contributed by atoms with Crippen molar-refractivity contribution in [3.8, 4) is 0 Å². The molecular weight excluding hydrogens is 433 g/mol. The van der Waals surface area contributed by atoms with E-state index in [1.165, 1.54) is 10.6 Å². The van der Waals surface area contributed by atoms with Gasteiger partial charge in [0.25, 0.3) is 5.56 Å². The highest BCUT2D eigenvalue weighted by atomic mass is 35.5. The van der Waals surface area contributed by atoms with E-state index in [1.54, 1.807) is 17.0 Å². The predicted molar refractivity (Wildman–Crippen MR) is 118 cm³/mol. The van der Waals surface area contributed by atoms with Gasteiger partial charge in [-0.3, -0.25) is 14.2 Å². The Morgan fingerprint density at radius 1 is 1.17 bits per heavy atom. The molecule has 2 aromatic rings. The smallest absolute Gasteiger partial charge is 0.333 e. The molecule has 9 nitrogen and oxygen atoms in total. The lowest BCUT2D eigenvalue weighted by Crippen LogP contribution is -2.48. The average molecular weight is 456 g/mol. The van der Waals surface area contributed by atoms with Crippen LogP contribution in [0.25, 0.3) is 0 Å². The second-order valence-electron chi connectivity index (χ2n) is 6.84. The fraction of sp³-hybridized carbons (Fsp3) is 0.421. The van der Waals surface area contributed by atoms with E-state index in [2.05, 4.69) is 5.32 Å². The first-order valence-corrected chi connectivity index (χ1v) is 10.3. The van der Waals surface area contributed by atoms with Gasteiger partial charge in [0.2, 0.25) is 5.91 Å². The van der Waals surface area contributed by atoms with Crippen molar-refractivity contribution >= 4 is 46.3 Å². The summed E-state index contributed by atoms with van der Waals surface area (Å²) < 4.78 is 7.58. The molecule has 0 unspecified atom stereocenters. The minimum absolute atomic E-state index is 0.106. The monoisotopic (exact) mass is 455 g/mol. The second-order valence-corrected chi connectivity index (χ2v) is 7.65. The number of nitrogens with zero attached hydrogens (tertiary/aromatic N) is 3. The Kier molecular flexibility index (Phi) is 7.06. The number of carbonyl (C=O) groups is 1. The van der Waals surface area contributed by atoms with Gasteiger partial charge in [0.15, 0.2) is 0 Å². The maximum absolute atomic E-state index is 13.1. The third-order valence-corrected chi connectivity index (χ3v) is 5.46. The largest absolute Gasteiger partial charge is 0.383 e. The van der Waals surface area contributed by atoms with Gasteiger partial charge in [-0.25, -0.2) is 9.36 Å². The highest BCUT2D eigenvalue weighted by molar-refractivity contribution is 6.42. The molecule has 1 aliphatic rings. The van der Waals surface area contributed by atoms with Gasteiger partial charge in [-0.1, -0.05) is 30.1 Å². The van der Waals surface area contributed by atoms with E-state index in [0.717, 1.165) is 4.57 Å². The number of hydrogen-bond donors (Lipinski definition) is 2. The third-order valence-electron chi connectivity index (χ3n) is 4.72. The normalized spacial score (nSPS) is 14.0. The van der Waals surface area contributed by atoms with E-state index >= 15 is 0 Å². The van der Waals surface area contributed by atoms with Gasteiger partial charge >= 0.3 is 5.69 Å². The maximum Gasteiger partial charge on any atom is 0.333 e. The molecule has 1 aromatic heterocycles. The van der Waals surface area contributed by atoms with Crippen molar-refractivity contribution in [3.63, 3.8) is 0 Å². The van der Waals surface area contributed by atoms with Gasteiger partial charge in [-0.15, -0.1) is 0 Å². The number of aromatic nitrogens is 2. The number of nitrogens with two attached hydrogens (primary N) is 1. The van der Waals surface area contributed by atoms with Gasteiger partial charge in [-0.2, -0.15) is 0 Å². The number of rotatable bonds is 6. The van der Waals surface area contributed by atoms with Crippen LogP contribution in [0.1, 0.15) is 13.3 Å². The molecule has 0 aliphatic carbocycles. The van der Waals surface area contributed by atoms with Gasteiger partial charge in [0.05, 0.1) is 23.3 Å². The van der Waals surface area contributed by atoms with Crippen LogP contribution in [0.5, 0.6) is 0 Å². The zero-order valence-corrected chi connectivity index (χ0v) is 18.0. The summed E-state index contributed by atoms with van der Waals surface area (Å²) in [7, 11) is 0. The molecule has 11 heteroatoms. The van der Waals surface area contributed by atoms with Crippen molar-refractivity contribution in [2.45, 2.75) is 26.4 Å². The van der Waals surface area contributed by atoms with Gasteiger partial charge in [0, 0.05) is 25.3 Å². The van der Waals surface area contributed by atoms with Crippen LogP contribution in [0.4, 0.5) is 17.2 Å². The van der Waals surface area contributed by atoms with Crippen LogP contribution in [-0.2, 0) is 22.6 Å². The number of benzene rings is 1. The fourth-order valence-electron chi connectivity index (χ4n) is 3.28. The molecule has 162 valence electrons. The standard InChI is InChI=1S/C19H23Cl2N5O4/c1-2-5-25-17(22)16(24-6-8-30-9-7-24)18(28)26(19(25)29)11-15(27)23-12-3-4-13(20)14(21)10-12/h3-4,10H,2,5-9,11,22H2,1H3,(H,23,27). The highest BCUT2D eigenvalue weighted by Crippen LogP contribution is 2.25. The van der Waals surface area contributed by atoms with Crippen molar-refractivity contribution in [2.24, 2.45) is 0 Å². The van der Waals surface area contributed by atoms with E-state index < -0.39 is 23.7 Å². The van der Waals surface area contributed by atoms with Crippen molar-refractivity contribution in [2.75, 3.05) is 42.3 Å². The van der Waals surface area contributed by atoms with Crippen molar-refractivity contribution in [3.05, 3.63) is 49.1 Å². The number of nitrogen functional groups attached to an aromatic ring is 1. The Hall–Kier alpha value is -2.49. The average Bonchev–Trinajstić information content (AvgIpc) is 2.72. The van der Waals surface area contributed by atoms with Crippen molar-refractivity contribution in [1.82, 2.24) is 9.13 Å².